The Morgan fingerprint density at radius 2 is 2.08 bits per heavy atom. The predicted octanol–water partition coefficient (Wildman–Crippen LogP) is 6.31. The summed E-state index contributed by atoms with van der Waals surface area (Å²) in [5.74, 6) is 0.355. The zero-order chi connectivity index (χ0) is 25.7. The number of ether oxygens (including phenoxy) is 1. The Balaban J connectivity index is 1.36. The molecule has 11 heteroatoms. The number of hydrogen-bond donors (Lipinski definition) is 1. The van der Waals surface area contributed by atoms with E-state index in [0.29, 0.717) is 28.4 Å². The standard InChI is InChI=1S/C25H23ClFN5O2S2/c1-4-9-32-22(12-34-18-7-8-20(27)19(26)11-18)30-31-25(32)36-14-23(33)29-24-28-21(13-35-24)17-6-5-15(2)16(3)10-17/h4-8,10-11,13H,1,9,12,14H2,2-3H3,(H,28,29,33). The van der Waals surface area contributed by atoms with Gasteiger partial charge in [0.25, 0.3) is 0 Å². The second-order valence-corrected chi connectivity index (χ2v) is 10.0. The number of carbonyl (C=O) groups is 1. The van der Waals surface area contributed by atoms with Crippen LogP contribution in [-0.2, 0) is 17.9 Å². The number of rotatable bonds is 10. The van der Waals surface area contributed by atoms with Crippen LogP contribution in [0.5, 0.6) is 5.75 Å². The molecule has 1 amide bonds. The Bertz CT molecular complexity index is 1410. The highest BCUT2D eigenvalue weighted by Gasteiger charge is 2.15. The molecule has 0 aliphatic carbocycles. The SMILES string of the molecule is C=CCn1c(COc2ccc(F)c(Cl)c2)nnc1SCC(=O)Nc1nc(-c2ccc(C)c(C)c2)cs1. The van der Waals surface area contributed by atoms with Crippen LogP contribution in [0, 0.1) is 19.7 Å². The first-order chi connectivity index (χ1) is 17.3. The molecule has 0 saturated carbocycles. The summed E-state index contributed by atoms with van der Waals surface area (Å²) in [6.07, 6.45) is 1.70. The molecule has 0 spiro atoms. The van der Waals surface area contributed by atoms with Crippen molar-refractivity contribution in [3.8, 4) is 17.0 Å². The normalized spacial score (nSPS) is 10.9. The minimum absolute atomic E-state index is 0.0244. The van der Waals surface area contributed by atoms with Crippen LogP contribution >= 0.6 is 34.7 Å². The topological polar surface area (TPSA) is 81.9 Å². The maximum atomic E-state index is 13.4. The van der Waals surface area contributed by atoms with Crippen molar-refractivity contribution in [2.24, 2.45) is 0 Å². The Labute approximate surface area is 221 Å². The van der Waals surface area contributed by atoms with E-state index in [1.165, 1.54) is 52.4 Å². The van der Waals surface area contributed by atoms with E-state index in [0.717, 1.165) is 11.3 Å². The smallest absolute Gasteiger partial charge is 0.236 e. The number of anilines is 1. The lowest BCUT2D eigenvalue weighted by Gasteiger charge is -2.09. The Morgan fingerprint density at radius 3 is 2.83 bits per heavy atom. The van der Waals surface area contributed by atoms with Crippen LogP contribution in [0.25, 0.3) is 11.3 Å². The lowest BCUT2D eigenvalue weighted by atomic mass is 10.1. The highest BCUT2D eigenvalue weighted by molar-refractivity contribution is 7.99. The van der Waals surface area contributed by atoms with Crippen molar-refractivity contribution in [2.45, 2.75) is 32.2 Å². The van der Waals surface area contributed by atoms with Gasteiger partial charge in [-0.05, 0) is 43.2 Å². The molecule has 0 aliphatic heterocycles. The van der Waals surface area contributed by atoms with Gasteiger partial charge in [0.05, 0.1) is 16.5 Å². The molecule has 36 heavy (non-hydrogen) atoms. The molecular formula is C25H23ClFN5O2S2. The van der Waals surface area contributed by atoms with Gasteiger partial charge in [-0.1, -0.05) is 41.6 Å². The first-order valence-electron chi connectivity index (χ1n) is 10.9. The molecule has 2 aromatic heterocycles. The average molecular weight is 544 g/mol. The van der Waals surface area contributed by atoms with Crippen molar-refractivity contribution in [2.75, 3.05) is 11.1 Å². The number of thioether (sulfide) groups is 1. The molecule has 0 fully saturated rings. The van der Waals surface area contributed by atoms with Crippen LogP contribution in [0.1, 0.15) is 17.0 Å². The monoisotopic (exact) mass is 543 g/mol. The van der Waals surface area contributed by atoms with E-state index >= 15 is 0 Å². The molecule has 0 radical (unpaired) electrons. The largest absolute Gasteiger partial charge is 0.486 e. The highest BCUT2D eigenvalue weighted by Crippen LogP contribution is 2.27. The number of nitrogens with one attached hydrogen (secondary N) is 1. The minimum Gasteiger partial charge on any atom is -0.486 e. The number of carbonyl (C=O) groups excluding carboxylic acids is 1. The zero-order valence-corrected chi connectivity index (χ0v) is 22.0. The fourth-order valence-electron chi connectivity index (χ4n) is 3.21. The van der Waals surface area contributed by atoms with Crippen LogP contribution in [-0.4, -0.2) is 31.4 Å². The number of nitrogens with zero attached hydrogens (tertiary/aromatic N) is 4. The van der Waals surface area contributed by atoms with Crippen molar-refractivity contribution in [1.82, 2.24) is 19.7 Å². The first kappa shape index (κ1) is 25.9. The number of thiazole rings is 1. The summed E-state index contributed by atoms with van der Waals surface area (Å²) in [5.41, 5.74) is 4.25. The van der Waals surface area contributed by atoms with E-state index < -0.39 is 5.82 Å². The molecule has 4 aromatic rings. The van der Waals surface area contributed by atoms with Crippen molar-refractivity contribution < 1.29 is 13.9 Å². The number of halogens is 2. The third-order valence-electron chi connectivity index (χ3n) is 5.25. The van der Waals surface area contributed by atoms with Gasteiger partial charge in [0.2, 0.25) is 5.91 Å². The van der Waals surface area contributed by atoms with Crippen LogP contribution in [0.3, 0.4) is 0 Å². The maximum Gasteiger partial charge on any atom is 0.236 e. The number of aryl methyl sites for hydroxylation is 2. The van der Waals surface area contributed by atoms with Gasteiger partial charge in [0, 0.05) is 23.6 Å². The van der Waals surface area contributed by atoms with Gasteiger partial charge in [0.1, 0.15) is 18.2 Å². The lowest BCUT2D eigenvalue weighted by Crippen LogP contribution is -2.15. The van der Waals surface area contributed by atoms with Crippen molar-refractivity contribution >= 4 is 45.7 Å². The Hall–Kier alpha value is -3.21. The van der Waals surface area contributed by atoms with Gasteiger partial charge in [-0.15, -0.1) is 28.1 Å². The summed E-state index contributed by atoms with van der Waals surface area (Å²) in [4.78, 5) is 17.1. The fraction of sp³-hybridized carbons (Fsp3) is 0.200. The summed E-state index contributed by atoms with van der Waals surface area (Å²) >= 11 is 8.43. The average Bonchev–Trinajstić information content (AvgIpc) is 3.47. The molecule has 1 N–H and O–H groups in total. The third-order valence-corrected chi connectivity index (χ3v) is 7.26. The first-order valence-corrected chi connectivity index (χ1v) is 13.1. The molecule has 186 valence electrons. The van der Waals surface area contributed by atoms with Crippen molar-refractivity contribution in [1.29, 1.82) is 0 Å². The molecule has 0 atom stereocenters. The van der Waals surface area contributed by atoms with Gasteiger partial charge in [-0.25, -0.2) is 9.37 Å². The van der Waals surface area contributed by atoms with E-state index in [-0.39, 0.29) is 23.3 Å². The van der Waals surface area contributed by atoms with Crippen molar-refractivity contribution in [3.05, 3.63) is 82.2 Å². The Kier molecular flexibility index (Phi) is 8.40. The van der Waals surface area contributed by atoms with E-state index in [1.54, 1.807) is 10.6 Å². The molecular weight excluding hydrogens is 521 g/mol. The summed E-state index contributed by atoms with van der Waals surface area (Å²) in [6, 6.07) is 10.3. The second kappa shape index (κ2) is 11.7. The molecule has 0 saturated heterocycles. The summed E-state index contributed by atoms with van der Waals surface area (Å²) < 4.78 is 20.8. The maximum absolute atomic E-state index is 13.4. The molecule has 0 aliphatic rings. The zero-order valence-electron chi connectivity index (χ0n) is 19.6. The van der Waals surface area contributed by atoms with E-state index in [9.17, 15) is 9.18 Å². The lowest BCUT2D eigenvalue weighted by molar-refractivity contribution is -0.113. The summed E-state index contributed by atoms with van der Waals surface area (Å²) in [6.45, 7) is 8.43. The van der Waals surface area contributed by atoms with E-state index in [2.05, 4.69) is 53.1 Å². The van der Waals surface area contributed by atoms with Gasteiger partial charge in [0.15, 0.2) is 16.1 Å². The summed E-state index contributed by atoms with van der Waals surface area (Å²) in [5, 5.41) is 14.2. The van der Waals surface area contributed by atoms with Crippen LogP contribution in [0.2, 0.25) is 5.02 Å². The number of benzene rings is 2. The van der Waals surface area contributed by atoms with Crippen molar-refractivity contribution in [3.63, 3.8) is 0 Å². The number of amides is 1. The highest BCUT2D eigenvalue weighted by atomic mass is 35.5. The minimum atomic E-state index is -0.518. The molecule has 4 rings (SSSR count). The van der Waals surface area contributed by atoms with Gasteiger partial charge in [-0.2, -0.15) is 0 Å². The van der Waals surface area contributed by atoms with E-state index in [1.807, 2.05) is 11.4 Å². The Morgan fingerprint density at radius 1 is 1.25 bits per heavy atom. The van der Waals surface area contributed by atoms with Gasteiger partial charge >= 0.3 is 0 Å². The quantitative estimate of drug-likeness (QED) is 0.186. The molecule has 0 unspecified atom stereocenters. The van der Waals surface area contributed by atoms with Gasteiger partial charge in [-0.3, -0.25) is 9.36 Å². The number of aromatic nitrogens is 4. The van der Waals surface area contributed by atoms with Gasteiger partial charge < -0.3 is 10.1 Å². The molecule has 0 bridgehead atoms. The molecule has 2 heterocycles. The third kappa shape index (κ3) is 6.31. The summed E-state index contributed by atoms with van der Waals surface area (Å²) in [7, 11) is 0. The molecule has 2 aromatic carbocycles. The fourth-order valence-corrected chi connectivity index (χ4v) is 4.88. The second-order valence-electron chi connectivity index (χ2n) is 7.84. The van der Waals surface area contributed by atoms with Crippen LogP contribution < -0.4 is 10.1 Å². The van der Waals surface area contributed by atoms with Crippen LogP contribution in [0.15, 0.2) is 59.6 Å². The predicted molar refractivity (Wildman–Crippen MR) is 142 cm³/mol. The van der Waals surface area contributed by atoms with E-state index in [4.69, 9.17) is 16.3 Å². The van der Waals surface area contributed by atoms with Crippen LogP contribution in [0.4, 0.5) is 9.52 Å². The number of hydrogen-bond acceptors (Lipinski definition) is 7. The number of allylic oxidation sites excluding steroid dienone is 1. The molecule has 7 nitrogen and oxygen atoms in total.